The summed E-state index contributed by atoms with van der Waals surface area (Å²) in [4.78, 5) is 0. The Balaban J connectivity index is 2.90. The first-order chi connectivity index (χ1) is 5.81. The Morgan fingerprint density at radius 2 is 2.17 bits per heavy atom. The SMILES string of the molecule is CCOCCCCNC(C)CO. The topological polar surface area (TPSA) is 41.5 Å². The number of ether oxygens (including phenoxy) is 1. The van der Waals surface area contributed by atoms with Crippen LogP contribution in [0.1, 0.15) is 26.7 Å². The lowest BCUT2D eigenvalue weighted by Gasteiger charge is -2.09. The lowest BCUT2D eigenvalue weighted by molar-refractivity contribution is 0.143. The van der Waals surface area contributed by atoms with Gasteiger partial charge in [0, 0.05) is 19.3 Å². The summed E-state index contributed by atoms with van der Waals surface area (Å²) in [5.41, 5.74) is 0. The van der Waals surface area contributed by atoms with Crippen LogP contribution in [-0.2, 0) is 4.74 Å². The third-order valence-electron chi connectivity index (χ3n) is 1.69. The summed E-state index contributed by atoms with van der Waals surface area (Å²) in [6.07, 6.45) is 2.21. The first-order valence-corrected chi connectivity index (χ1v) is 4.73. The molecule has 0 fully saturated rings. The Labute approximate surface area is 75.1 Å². The fourth-order valence-corrected chi connectivity index (χ4v) is 0.886. The second kappa shape index (κ2) is 8.97. The monoisotopic (exact) mass is 175 g/mol. The predicted molar refractivity (Wildman–Crippen MR) is 50.3 cm³/mol. The van der Waals surface area contributed by atoms with Crippen molar-refractivity contribution in [1.82, 2.24) is 5.32 Å². The molecule has 0 heterocycles. The van der Waals surface area contributed by atoms with Crippen LogP contribution < -0.4 is 5.32 Å². The van der Waals surface area contributed by atoms with E-state index in [4.69, 9.17) is 9.84 Å². The van der Waals surface area contributed by atoms with Crippen molar-refractivity contribution in [3.05, 3.63) is 0 Å². The fraction of sp³-hybridized carbons (Fsp3) is 1.00. The molecule has 0 aliphatic heterocycles. The molecule has 0 aliphatic rings. The highest BCUT2D eigenvalue weighted by Gasteiger charge is 1.96. The minimum Gasteiger partial charge on any atom is -0.395 e. The summed E-state index contributed by atoms with van der Waals surface area (Å²) in [5, 5.41) is 11.9. The van der Waals surface area contributed by atoms with Gasteiger partial charge < -0.3 is 15.2 Å². The minimum atomic E-state index is 0.214. The smallest absolute Gasteiger partial charge is 0.0581 e. The molecule has 0 amide bonds. The first kappa shape index (κ1) is 11.9. The van der Waals surface area contributed by atoms with Gasteiger partial charge in [0.2, 0.25) is 0 Å². The quantitative estimate of drug-likeness (QED) is 0.535. The van der Waals surface area contributed by atoms with Crippen LogP contribution in [0.3, 0.4) is 0 Å². The molecule has 12 heavy (non-hydrogen) atoms. The molecule has 0 spiro atoms. The van der Waals surface area contributed by atoms with Crippen molar-refractivity contribution < 1.29 is 9.84 Å². The van der Waals surface area contributed by atoms with E-state index in [0.717, 1.165) is 32.6 Å². The summed E-state index contributed by atoms with van der Waals surface area (Å²) < 4.78 is 5.19. The molecule has 3 heteroatoms. The molecule has 0 aromatic heterocycles. The van der Waals surface area contributed by atoms with Crippen molar-refractivity contribution in [1.29, 1.82) is 0 Å². The Morgan fingerprint density at radius 1 is 1.42 bits per heavy atom. The van der Waals surface area contributed by atoms with Gasteiger partial charge in [-0.3, -0.25) is 0 Å². The fourth-order valence-electron chi connectivity index (χ4n) is 0.886. The maximum absolute atomic E-state index is 8.69. The first-order valence-electron chi connectivity index (χ1n) is 4.73. The van der Waals surface area contributed by atoms with Gasteiger partial charge in [-0.15, -0.1) is 0 Å². The highest BCUT2D eigenvalue weighted by molar-refractivity contribution is 4.57. The van der Waals surface area contributed by atoms with E-state index in [-0.39, 0.29) is 12.6 Å². The van der Waals surface area contributed by atoms with Crippen molar-refractivity contribution in [2.45, 2.75) is 32.7 Å². The molecule has 74 valence electrons. The van der Waals surface area contributed by atoms with Crippen LogP contribution >= 0.6 is 0 Å². The maximum Gasteiger partial charge on any atom is 0.0581 e. The van der Waals surface area contributed by atoms with Crippen LogP contribution in [0, 0.1) is 0 Å². The number of nitrogens with one attached hydrogen (secondary N) is 1. The average molecular weight is 175 g/mol. The molecule has 1 atom stereocenters. The van der Waals surface area contributed by atoms with Crippen molar-refractivity contribution in [3.8, 4) is 0 Å². The zero-order chi connectivity index (χ0) is 9.23. The predicted octanol–water partition coefficient (Wildman–Crippen LogP) is 0.774. The van der Waals surface area contributed by atoms with Gasteiger partial charge in [-0.25, -0.2) is 0 Å². The van der Waals surface area contributed by atoms with E-state index >= 15 is 0 Å². The van der Waals surface area contributed by atoms with E-state index < -0.39 is 0 Å². The van der Waals surface area contributed by atoms with E-state index in [2.05, 4.69) is 5.32 Å². The van der Waals surface area contributed by atoms with Gasteiger partial charge in [0.1, 0.15) is 0 Å². The summed E-state index contributed by atoms with van der Waals surface area (Å²) in [6, 6.07) is 0.220. The van der Waals surface area contributed by atoms with E-state index in [1.54, 1.807) is 0 Å². The highest BCUT2D eigenvalue weighted by Crippen LogP contribution is 1.89. The average Bonchev–Trinajstić information content (AvgIpc) is 2.10. The normalized spacial score (nSPS) is 13.2. The number of aliphatic hydroxyl groups excluding tert-OH is 1. The molecule has 0 bridgehead atoms. The van der Waals surface area contributed by atoms with Crippen LogP contribution in [0.25, 0.3) is 0 Å². The Kier molecular flexibility index (Phi) is 8.88. The maximum atomic E-state index is 8.69. The van der Waals surface area contributed by atoms with E-state index in [1.807, 2.05) is 13.8 Å². The van der Waals surface area contributed by atoms with Crippen molar-refractivity contribution in [2.24, 2.45) is 0 Å². The van der Waals surface area contributed by atoms with Gasteiger partial charge in [-0.05, 0) is 33.2 Å². The number of unbranched alkanes of at least 4 members (excludes halogenated alkanes) is 1. The number of hydrogen-bond donors (Lipinski definition) is 2. The summed E-state index contributed by atoms with van der Waals surface area (Å²) in [5.74, 6) is 0. The second-order valence-electron chi connectivity index (χ2n) is 2.94. The van der Waals surface area contributed by atoms with E-state index in [9.17, 15) is 0 Å². The lowest BCUT2D eigenvalue weighted by Crippen LogP contribution is -2.30. The van der Waals surface area contributed by atoms with Gasteiger partial charge in [-0.2, -0.15) is 0 Å². The minimum absolute atomic E-state index is 0.214. The standard InChI is InChI=1S/C9H21NO2/c1-3-12-7-5-4-6-10-9(2)8-11/h9-11H,3-8H2,1-2H3. The van der Waals surface area contributed by atoms with Crippen LogP contribution in [0.2, 0.25) is 0 Å². The molecule has 0 aliphatic carbocycles. The zero-order valence-corrected chi connectivity index (χ0v) is 8.18. The molecule has 3 nitrogen and oxygen atoms in total. The molecule has 0 rings (SSSR count). The lowest BCUT2D eigenvalue weighted by atomic mass is 10.3. The molecule has 0 aromatic carbocycles. The third-order valence-corrected chi connectivity index (χ3v) is 1.69. The van der Waals surface area contributed by atoms with Crippen LogP contribution in [0.15, 0.2) is 0 Å². The number of aliphatic hydroxyl groups is 1. The van der Waals surface area contributed by atoms with Crippen molar-refractivity contribution in [2.75, 3.05) is 26.4 Å². The molecule has 0 saturated carbocycles. The van der Waals surface area contributed by atoms with Crippen molar-refractivity contribution >= 4 is 0 Å². The summed E-state index contributed by atoms with van der Waals surface area (Å²) >= 11 is 0. The molecular weight excluding hydrogens is 154 g/mol. The molecule has 0 aromatic rings. The van der Waals surface area contributed by atoms with E-state index in [1.165, 1.54) is 0 Å². The zero-order valence-electron chi connectivity index (χ0n) is 8.18. The van der Waals surface area contributed by atoms with Crippen LogP contribution in [-0.4, -0.2) is 37.5 Å². The van der Waals surface area contributed by atoms with Gasteiger partial charge >= 0.3 is 0 Å². The molecular formula is C9H21NO2. The molecule has 2 N–H and O–H groups in total. The van der Waals surface area contributed by atoms with Gasteiger partial charge in [0.15, 0.2) is 0 Å². The van der Waals surface area contributed by atoms with Crippen LogP contribution in [0.5, 0.6) is 0 Å². The highest BCUT2D eigenvalue weighted by atomic mass is 16.5. The second-order valence-corrected chi connectivity index (χ2v) is 2.94. The Morgan fingerprint density at radius 3 is 2.75 bits per heavy atom. The summed E-state index contributed by atoms with van der Waals surface area (Å²) in [6.45, 7) is 6.82. The molecule has 1 unspecified atom stereocenters. The number of rotatable bonds is 8. The Hall–Kier alpha value is -0.120. The number of hydrogen-bond acceptors (Lipinski definition) is 3. The van der Waals surface area contributed by atoms with Gasteiger partial charge in [-0.1, -0.05) is 0 Å². The largest absolute Gasteiger partial charge is 0.395 e. The summed E-state index contributed by atoms with van der Waals surface area (Å²) in [7, 11) is 0. The van der Waals surface area contributed by atoms with Gasteiger partial charge in [0.25, 0.3) is 0 Å². The molecule has 0 radical (unpaired) electrons. The third kappa shape index (κ3) is 7.98. The molecule has 0 saturated heterocycles. The Bertz CT molecular complexity index is 88.6. The van der Waals surface area contributed by atoms with E-state index in [0.29, 0.717) is 0 Å². The van der Waals surface area contributed by atoms with Gasteiger partial charge in [0.05, 0.1) is 6.61 Å². The van der Waals surface area contributed by atoms with Crippen molar-refractivity contribution in [3.63, 3.8) is 0 Å². The van der Waals surface area contributed by atoms with Crippen LogP contribution in [0.4, 0.5) is 0 Å².